The largest absolute Gasteiger partial charge is 0.469 e. The molecule has 1 saturated carbocycles. The average Bonchev–Trinajstić information content (AvgIpc) is 2.55. The number of Topliss-reactive ketones (excluding diaryl/α,β-unsaturated/α-hetero) is 2. The minimum absolute atomic E-state index is 0.0770. The van der Waals surface area contributed by atoms with Gasteiger partial charge in [-0.3, -0.25) is 14.4 Å². The summed E-state index contributed by atoms with van der Waals surface area (Å²) in [5.41, 5.74) is 0.442. The van der Waals surface area contributed by atoms with Crippen molar-refractivity contribution in [1.82, 2.24) is 0 Å². The topological polar surface area (TPSA) is 60.4 Å². The van der Waals surface area contributed by atoms with E-state index in [4.69, 9.17) is 4.74 Å². The highest BCUT2D eigenvalue weighted by molar-refractivity contribution is 6.10. The summed E-state index contributed by atoms with van der Waals surface area (Å²) in [6.45, 7) is 8.27. The van der Waals surface area contributed by atoms with Gasteiger partial charge in [-0.05, 0) is 43.9 Å². The lowest BCUT2D eigenvalue weighted by Gasteiger charge is -2.54. The van der Waals surface area contributed by atoms with Gasteiger partial charge in [-0.15, -0.1) is 0 Å². The maximum atomic E-state index is 13.1. The average molecular weight is 346 g/mol. The van der Waals surface area contributed by atoms with Crippen molar-refractivity contribution in [2.45, 2.75) is 66.2 Å². The number of fused-ring (bicyclic) bond motifs is 2. The van der Waals surface area contributed by atoms with E-state index >= 15 is 0 Å². The highest BCUT2D eigenvalue weighted by atomic mass is 16.5. The standard InChI is InChI=1S/C21H30O4/c1-12(2)13-9-14-15(22)11-17-20(3,18(14)16(23)10-13)7-6-8-21(17,4)19(24)25-5/h12-13,17H,6-11H2,1-5H3. The monoisotopic (exact) mass is 346 g/mol. The van der Waals surface area contributed by atoms with Crippen molar-refractivity contribution < 1.29 is 19.1 Å². The SMILES string of the molecule is COC(=O)C1(C)CCCC2(C)C3=C(CC(C(C)C)CC3=O)C(=O)CC12. The van der Waals surface area contributed by atoms with Crippen molar-refractivity contribution in [3.8, 4) is 0 Å². The van der Waals surface area contributed by atoms with Crippen LogP contribution < -0.4 is 0 Å². The molecule has 1 fully saturated rings. The molecule has 0 aromatic heterocycles. The predicted molar refractivity (Wildman–Crippen MR) is 94.8 cm³/mol. The number of methoxy groups -OCH3 is 1. The van der Waals surface area contributed by atoms with Crippen LogP contribution in [-0.4, -0.2) is 24.6 Å². The zero-order valence-electron chi connectivity index (χ0n) is 16.1. The molecule has 4 heteroatoms. The Balaban J connectivity index is 2.10. The molecule has 3 aliphatic rings. The summed E-state index contributed by atoms with van der Waals surface area (Å²) >= 11 is 0. The molecule has 0 N–H and O–H groups in total. The lowest BCUT2D eigenvalue weighted by molar-refractivity contribution is -0.164. The van der Waals surface area contributed by atoms with Crippen LogP contribution in [-0.2, 0) is 19.1 Å². The Bertz CT molecular complexity index is 659. The molecule has 0 spiro atoms. The van der Waals surface area contributed by atoms with Crippen molar-refractivity contribution in [3.05, 3.63) is 11.1 Å². The Morgan fingerprint density at radius 3 is 2.36 bits per heavy atom. The zero-order valence-corrected chi connectivity index (χ0v) is 16.1. The van der Waals surface area contributed by atoms with Crippen LogP contribution in [0.3, 0.4) is 0 Å². The molecule has 138 valence electrons. The van der Waals surface area contributed by atoms with E-state index in [2.05, 4.69) is 20.8 Å². The first-order chi connectivity index (χ1) is 11.6. The number of ketones is 2. The van der Waals surface area contributed by atoms with Crippen molar-refractivity contribution in [3.63, 3.8) is 0 Å². The first-order valence-corrected chi connectivity index (χ1v) is 9.53. The van der Waals surface area contributed by atoms with E-state index in [0.717, 1.165) is 36.8 Å². The summed E-state index contributed by atoms with van der Waals surface area (Å²) in [6, 6.07) is 0. The molecule has 0 saturated heterocycles. The van der Waals surface area contributed by atoms with Crippen LogP contribution in [0.1, 0.15) is 66.2 Å². The molecule has 0 aromatic carbocycles. The van der Waals surface area contributed by atoms with E-state index < -0.39 is 5.41 Å². The molecule has 25 heavy (non-hydrogen) atoms. The fourth-order valence-electron chi connectivity index (χ4n) is 5.74. The Morgan fingerprint density at radius 2 is 1.76 bits per heavy atom. The Kier molecular flexibility index (Phi) is 4.45. The van der Waals surface area contributed by atoms with E-state index in [1.165, 1.54) is 7.11 Å². The second-order valence-electron chi connectivity index (χ2n) is 9.05. The van der Waals surface area contributed by atoms with Crippen LogP contribution in [0, 0.1) is 28.6 Å². The third kappa shape index (κ3) is 2.60. The van der Waals surface area contributed by atoms with Crippen molar-refractivity contribution in [2.75, 3.05) is 7.11 Å². The number of hydrogen-bond donors (Lipinski definition) is 0. The molecule has 4 atom stereocenters. The summed E-state index contributed by atoms with van der Waals surface area (Å²) in [7, 11) is 1.41. The highest BCUT2D eigenvalue weighted by Crippen LogP contribution is 2.61. The third-order valence-corrected chi connectivity index (χ3v) is 7.32. The molecule has 0 aliphatic heterocycles. The molecule has 3 aliphatic carbocycles. The fraction of sp³-hybridized carbons (Fsp3) is 0.762. The second-order valence-corrected chi connectivity index (χ2v) is 9.05. The Labute approximate surface area is 150 Å². The molecule has 0 bridgehead atoms. The minimum atomic E-state index is -0.689. The first-order valence-electron chi connectivity index (χ1n) is 9.53. The molecule has 3 rings (SSSR count). The van der Waals surface area contributed by atoms with E-state index in [-0.39, 0.29) is 34.8 Å². The van der Waals surface area contributed by atoms with Gasteiger partial charge in [-0.2, -0.15) is 0 Å². The maximum absolute atomic E-state index is 13.1. The number of hydrogen-bond acceptors (Lipinski definition) is 4. The summed E-state index contributed by atoms with van der Waals surface area (Å²) in [5, 5.41) is 0. The molecular weight excluding hydrogens is 316 g/mol. The summed E-state index contributed by atoms with van der Waals surface area (Å²) in [4.78, 5) is 38.6. The number of carbonyl (C=O) groups is 3. The number of esters is 1. The predicted octanol–water partition coefficient (Wildman–Crippen LogP) is 3.88. The van der Waals surface area contributed by atoms with Crippen LogP contribution in [0.4, 0.5) is 0 Å². The van der Waals surface area contributed by atoms with E-state index in [1.807, 2.05) is 6.92 Å². The minimum Gasteiger partial charge on any atom is -0.469 e. The fourth-order valence-corrected chi connectivity index (χ4v) is 5.74. The van der Waals surface area contributed by atoms with Gasteiger partial charge >= 0.3 is 5.97 Å². The normalized spacial score (nSPS) is 38.5. The van der Waals surface area contributed by atoms with Gasteiger partial charge in [0.1, 0.15) is 0 Å². The van der Waals surface area contributed by atoms with Crippen molar-refractivity contribution >= 4 is 17.5 Å². The van der Waals surface area contributed by atoms with Crippen molar-refractivity contribution in [2.24, 2.45) is 28.6 Å². The molecule has 0 amide bonds. The molecular formula is C21H30O4. The third-order valence-electron chi connectivity index (χ3n) is 7.32. The van der Waals surface area contributed by atoms with Gasteiger partial charge in [-0.1, -0.05) is 27.2 Å². The Hall–Kier alpha value is -1.45. The molecule has 4 nitrogen and oxygen atoms in total. The van der Waals surface area contributed by atoms with Crippen LogP contribution in [0.5, 0.6) is 0 Å². The summed E-state index contributed by atoms with van der Waals surface area (Å²) in [5.74, 6) is 0.465. The number of ether oxygens (including phenoxy) is 1. The summed E-state index contributed by atoms with van der Waals surface area (Å²) < 4.78 is 5.08. The number of allylic oxidation sites excluding steroid dienone is 2. The summed E-state index contributed by atoms with van der Waals surface area (Å²) in [6.07, 6.45) is 4.08. The van der Waals surface area contributed by atoms with Gasteiger partial charge in [0.15, 0.2) is 11.6 Å². The van der Waals surface area contributed by atoms with E-state index in [9.17, 15) is 14.4 Å². The van der Waals surface area contributed by atoms with Gasteiger partial charge in [0.05, 0.1) is 12.5 Å². The van der Waals surface area contributed by atoms with Gasteiger partial charge in [0.25, 0.3) is 0 Å². The smallest absolute Gasteiger partial charge is 0.311 e. The lowest BCUT2D eigenvalue weighted by atomic mass is 9.47. The lowest BCUT2D eigenvalue weighted by Crippen LogP contribution is -2.54. The van der Waals surface area contributed by atoms with E-state index in [1.54, 1.807) is 0 Å². The molecule has 0 heterocycles. The van der Waals surface area contributed by atoms with Crippen LogP contribution >= 0.6 is 0 Å². The zero-order chi connectivity index (χ0) is 18.6. The highest BCUT2D eigenvalue weighted by Gasteiger charge is 2.59. The van der Waals surface area contributed by atoms with Gasteiger partial charge in [0, 0.05) is 29.4 Å². The van der Waals surface area contributed by atoms with Crippen LogP contribution in [0.25, 0.3) is 0 Å². The number of carbonyl (C=O) groups excluding carboxylic acids is 3. The number of rotatable bonds is 2. The maximum Gasteiger partial charge on any atom is 0.311 e. The van der Waals surface area contributed by atoms with Crippen LogP contribution in [0.2, 0.25) is 0 Å². The van der Waals surface area contributed by atoms with Gasteiger partial charge in [-0.25, -0.2) is 0 Å². The first kappa shape index (κ1) is 18.3. The second kappa shape index (κ2) is 6.07. The van der Waals surface area contributed by atoms with Crippen LogP contribution in [0.15, 0.2) is 11.1 Å². The Morgan fingerprint density at radius 1 is 1.08 bits per heavy atom. The molecule has 0 radical (unpaired) electrons. The molecule has 0 aromatic rings. The van der Waals surface area contributed by atoms with Gasteiger partial charge < -0.3 is 4.74 Å². The van der Waals surface area contributed by atoms with E-state index in [0.29, 0.717) is 18.8 Å². The van der Waals surface area contributed by atoms with Crippen molar-refractivity contribution in [1.29, 1.82) is 0 Å². The quantitative estimate of drug-likeness (QED) is 0.712. The van der Waals surface area contributed by atoms with Gasteiger partial charge in [0.2, 0.25) is 0 Å². The molecule has 4 unspecified atom stereocenters.